The molecule has 0 bridgehead atoms. The van der Waals surface area contributed by atoms with E-state index in [1.807, 2.05) is 0 Å². The van der Waals surface area contributed by atoms with E-state index < -0.39 is 11.2 Å². The molecule has 2 nitrogen and oxygen atoms in total. The summed E-state index contributed by atoms with van der Waals surface area (Å²) in [5.74, 6) is -1.01. The summed E-state index contributed by atoms with van der Waals surface area (Å²) >= 11 is 5.11. The molecule has 10 heavy (non-hydrogen) atoms. The zero-order valence-electron chi connectivity index (χ0n) is 5.08. The van der Waals surface area contributed by atoms with Crippen LogP contribution in [0, 0.1) is 5.92 Å². The summed E-state index contributed by atoms with van der Waals surface area (Å²) in [4.78, 5) is 21.3. The molecular weight excluding hydrogens is 152 g/mol. The number of rotatable bonds is 1. The minimum Gasteiger partial charge on any atom is -0.294 e. The van der Waals surface area contributed by atoms with Crippen molar-refractivity contribution in [1.29, 1.82) is 0 Å². The predicted molar refractivity (Wildman–Crippen MR) is 37.6 cm³/mol. The SMILES string of the molecule is O=C(Cl)C1C=CC=CC1=O. The molecule has 0 radical (unpaired) electrons. The molecule has 1 atom stereocenters. The van der Waals surface area contributed by atoms with Crippen LogP contribution in [-0.2, 0) is 9.59 Å². The summed E-state index contributed by atoms with van der Waals surface area (Å²) in [7, 11) is 0. The molecule has 52 valence electrons. The molecule has 0 heterocycles. The second-order valence-electron chi connectivity index (χ2n) is 1.93. The highest BCUT2D eigenvalue weighted by atomic mass is 35.5. The van der Waals surface area contributed by atoms with E-state index in [4.69, 9.17) is 11.6 Å². The topological polar surface area (TPSA) is 34.1 Å². The first kappa shape index (κ1) is 7.22. The summed E-state index contributed by atoms with van der Waals surface area (Å²) < 4.78 is 0. The summed E-state index contributed by atoms with van der Waals surface area (Å²) in [5.41, 5.74) is 0. The van der Waals surface area contributed by atoms with Gasteiger partial charge in [-0.3, -0.25) is 9.59 Å². The monoisotopic (exact) mass is 156 g/mol. The third kappa shape index (κ3) is 1.33. The largest absolute Gasteiger partial charge is 0.294 e. The maximum atomic E-state index is 10.8. The van der Waals surface area contributed by atoms with Gasteiger partial charge in [-0.15, -0.1) is 0 Å². The second-order valence-corrected chi connectivity index (χ2v) is 2.30. The molecule has 1 rings (SSSR count). The van der Waals surface area contributed by atoms with Crippen LogP contribution in [0.3, 0.4) is 0 Å². The van der Waals surface area contributed by atoms with Gasteiger partial charge in [-0.1, -0.05) is 18.2 Å². The molecule has 1 aliphatic rings. The summed E-state index contributed by atoms with van der Waals surface area (Å²) in [6, 6.07) is 0. The van der Waals surface area contributed by atoms with E-state index in [-0.39, 0.29) is 5.78 Å². The van der Waals surface area contributed by atoms with Crippen molar-refractivity contribution in [2.24, 2.45) is 5.92 Å². The van der Waals surface area contributed by atoms with Crippen molar-refractivity contribution in [3.05, 3.63) is 24.3 Å². The Balaban J connectivity index is 2.80. The van der Waals surface area contributed by atoms with Crippen molar-refractivity contribution in [2.45, 2.75) is 0 Å². The minimum atomic E-state index is -0.758. The van der Waals surface area contributed by atoms with Crippen LogP contribution in [0.5, 0.6) is 0 Å². The fourth-order valence-electron chi connectivity index (χ4n) is 0.712. The molecule has 0 amide bonds. The number of carbonyl (C=O) groups is 2. The number of allylic oxidation sites excluding steroid dienone is 4. The fraction of sp³-hybridized carbons (Fsp3) is 0.143. The van der Waals surface area contributed by atoms with Crippen molar-refractivity contribution in [3.8, 4) is 0 Å². The Morgan fingerprint density at radius 2 is 2.20 bits per heavy atom. The highest BCUT2D eigenvalue weighted by Gasteiger charge is 2.20. The van der Waals surface area contributed by atoms with Crippen LogP contribution in [0.4, 0.5) is 0 Å². The van der Waals surface area contributed by atoms with Crippen LogP contribution in [-0.4, -0.2) is 11.0 Å². The van der Waals surface area contributed by atoms with Crippen LogP contribution in [0.1, 0.15) is 0 Å². The molecule has 0 fully saturated rings. The third-order valence-corrected chi connectivity index (χ3v) is 1.46. The Labute approximate surface area is 63.2 Å². The molecule has 1 unspecified atom stereocenters. The maximum absolute atomic E-state index is 10.8. The van der Waals surface area contributed by atoms with Gasteiger partial charge in [-0.2, -0.15) is 0 Å². The van der Waals surface area contributed by atoms with Gasteiger partial charge in [-0.25, -0.2) is 0 Å². The Kier molecular flexibility index (Phi) is 2.02. The first-order valence-electron chi connectivity index (χ1n) is 2.80. The van der Waals surface area contributed by atoms with E-state index in [1.165, 1.54) is 12.2 Å². The average molecular weight is 157 g/mol. The van der Waals surface area contributed by atoms with Crippen LogP contribution in [0.15, 0.2) is 24.3 Å². The van der Waals surface area contributed by atoms with Gasteiger partial charge in [0.05, 0.1) is 0 Å². The molecule has 0 N–H and O–H groups in total. The van der Waals surface area contributed by atoms with Gasteiger partial charge in [0, 0.05) is 0 Å². The van der Waals surface area contributed by atoms with Gasteiger partial charge in [0.2, 0.25) is 5.24 Å². The van der Waals surface area contributed by atoms with Crippen LogP contribution < -0.4 is 0 Å². The Morgan fingerprint density at radius 1 is 1.50 bits per heavy atom. The molecule has 0 aromatic carbocycles. The van der Waals surface area contributed by atoms with E-state index >= 15 is 0 Å². The summed E-state index contributed by atoms with van der Waals surface area (Å²) in [6.07, 6.45) is 6.04. The van der Waals surface area contributed by atoms with Crippen molar-refractivity contribution < 1.29 is 9.59 Å². The van der Waals surface area contributed by atoms with Gasteiger partial charge in [0.1, 0.15) is 5.92 Å². The molecule has 0 spiro atoms. The number of carbonyl (C=O) groups excluding carboxylic acids is 2. The van der Waals surface area contributed by atoms with Crippen LogP contribution in [0.2, 0.25) is 0 Å². The maximum Gasteiger partial charge on any atom is 0.236 e. The minimum absolute atomic E-state index is 0.248. The van der Waals surface area contributed by atoms with Crippen LogP contribution in [0.25, 0.3) is 0 Å². The van der Waals surface area contributed by atoms with E-state index in [9.17, 15) is 9.59 Å². The Morgan fingerprint density at radius 3 is 2.60 bits per heavy atom. The van der Waals surface area contributed by atoms with E-state index in [1.54, 1.807) is 12.2 Å². The summed E-state index contributed by atoms with van der Waals surface area (Å²) in [5, 5.41) is -0.620. The zero-order chi connectivity index (χ0) is 7.56. The zero-order valence-corrected chi connectivity index (χ0v) is 5.84. The normalized spacial score (nSPS) is 23.3. The Hall–Kier alpha value is -0.890. The molecule has 0 aromatic rings. The highest BCUT2D eigenvalue weighted by Crippen LogP contribution is 2.10. The van der Waals surface area contributed by atoms with Gasteiger partial charge < -0.3 is 0 Å². The van der Waals surface area contributed by atoms with Crippen molar-refractivity contribution >= 4 is 22.6 Å². The van der Waals surface area contributed by atoms with E-state index in [2.05, 4.69) is 0 Å². The molecule has 3 heteroatoms. The van der Waals surface area contributed by atoms with Crippen molar-refractivity contribution in [2.75, 3.05) is 0 Å². The van der Waals surface area contributed by atoms with Crippen molar-refractivity contribution in [1.82, 2.24) is 0 Å². The molecular formula is C7H5ClO2. The number of ketones is 1. The lowest BCUT2D eigenvalue weighted by atomic mass is 10.0. The molecule has 0 saturated heterocycles. The number of hydrogen-bond acceptors (Lipinski definition) is 2. The highest BCUT2D eigenvalue weighted by molar-refractivity contribution is 6.66. The predicted octanol–water partition coefficient (Wildman–Crippen LogP) is 1.06. The standard InChI is InChI=1S/C7H5ClO2/c8-7(10)5-3-1-2-4-6(5)9/h1-5H. The van der Waals surface area contributed by atoms with Gasteiger partial charge >= 0.3 is 0 Å². The smallest absolute Gasteiger partial charge is 0.236 e. The average Bonchev–Trinajstić information content (AvgIpc) is 1.88. The lowest BCUT2D eigenvalue weighted by molar-refractivity contribution is -0.123. The van der Waals surface area contributed by atoms with Crippen LogP contribution >= 0.6 is 11.6 Å². The first-order valence-corrected chi connectivity index (χ1v) is 3.17. The van der Waals surface area contributed by atoms with E-state index in [0.29, 0.717) is 0 Å². The quantitative estimate of drug-likeness (QED) is 0.420. The van der Waals surface area contributed by atoms with E-state index in [0.717, 1.165) is 0 Å². The molecule has 1 aliphatic carbocycles. The third-order valence-electron chi connectivity index (χ3n) is 1.23. The lowest BCUT2D eigenvalue weighted by Gasteiger charge is -2.04. The molecule has 0 saturated carbocycles. The second kappa shape index (κ2) is 2.80. The lowest BCUT2D eigenvalue weighted by Crippen LogP contribution is -2.17. The van der Waals surface area contributed by atoms with Crippen molar-refractivity contribution in [3.63, 3.8) is 0 Å². The number of hydrogen-bond donors (Lipinski definition) is 0. The Bertz CT molecular complexity index is 228. The first-order chi connectivity index (χ1) is 4.72. The van der Waals surface area contributed by atoms with Gasteiger partial charge in [0.15, 0.2) is 5.78 Å². The summed E-state index contributed by atoms with van der Waals surface area (Å²) in [6.45, 7) is 0. The molecule has 0 aromatic heterocycles. The fourth-order valence-corrected chi connectivity index (χ4v) is 0.892. The van der Waals surface area contributed by atoms with Gasteiger partial charge in [0.25, 0.3) is 0 Å². The number of halogens is 1. The molecule has 0 aliphatic heterocycles. The van der Waals surface area contributed by atoms with Gasteiger partial charge in [-0.05, 0) is 17.7 Å².